The third kappa shape index (κ3) is 4.23. The summed E-state index contributed by atoms with van der Waals surface area (Å²) in [4.78, 5) is 12.3. The van der Waals surface area contributed by atoms with Gasteiger partial charge in [-0.3, -0.25) is 4.79 Å². The lowest BCUT2D eigenvalue weighted by molar-refractivity contribution is -0.121. The van der Waals surface area contributed by atoms with Gasteiger partial charge in [-0.25, -0.2) is 5.43 Å². The molecule has 0 aromatic heterocycles. The molecule has 4 heteroatoms. The number of amides is 1. The summed E-state index contributed by atoms with van der Waals surface area (Å²) in [6.07, 6.45) is 0. The van der Waals surface area contributed by atoms with Gasteiger partial charge in [-0.2, -0.15) is 5.10 Å². The zero-order chi connectivity index (χ0) is 17.6. The lowest BCUT2D eigenvalue weighted by Gasteiger charge is -2.14. The zero-order valence-corrected chi connectivity index (χ0v) is 14.4. The van der Waals surface area contributed by atoms with Crippen LogP contribution in [0.4, 0.5) is 5.69 Å². The van der Waals surface area contributed by atoms with E-state index in [0.29, 0.717) is 0 Å². The van der Waals surface area contributed by atoms with Crippen LogP contribution in [0.15, 0.2) is 77.9 Å². The molecular formula is C21H21N3O. The average molecular weight is 331 g/mol. The Balaban J connectivity index is 1.63. The smallest absolute Gasteiger partial charge is 0.262 e. The van der Waals surface area contributed by atoms with Crippen LogP contribution < -0.4 is 10.7 Å². The number of hydrazone groups is 1. The number of rotatable bonds is 5. The Morgan fingerprint density at radius 1 is 0.920 bits per heavy atom. The van der Waals surface area contributed by atoms with Gasteiger partial charge in [0.05, 0.1) is 5.71 Å². The minimum atomic E-state index is -0.395. The molecule has 0 aliphatic rings. The highest BCUT2D eigenvalue weighted by Gasteiger charge is 2.12. The number of anilines is 1. The molecular weight excluding hydrogens is 310 g/mol. The zero-order valence-electron chi connectivity index (χ0n) is 14.4. The molecule has 0 spiro atoms. The largest absolute Gasteiger partial charge is 0.374 e. The van der Waals surface area contributed by atoms with Crippen molar-refractivity contribution in [1.82, 2.24) is 5.43 Å². The highest BCUT2D eigenvalue weighted by Crippen LogP contribution is 2.19. The molecule has 1 amide bonds. The minimum absolute atomic E-state index is 0.177. The van der Waals surface area contributed by atoms with E-state index in [9.17, 15) is 4.79 Å². The van der Waals surface area contributed by atoms with Gasteiger partial charge in [-0.15, -0.1) is 0 Å². The first-order valence-electron chi connectivity index (χ1n) is 8.28. The van der Waals surface area contributed by atoms with Crippen LogP contribution in [0.1, 0.15) is 19.4 Å². The first-order valence-corrected chi connectivity index (χ1v) is 8.28. The topological polar surface area (TPSA) is 53.5 Å². The molecule has 3 rings (SSSR count). The fraction of sp³-hybridized carbons (Fsp3) is 0.143. The number of nitrogens with one attached hydrogen (secondary N) is 2. The Bertz CT molecular complexity index is 903. The standard InChI is InChI=1S/C21H21N3O/c1-15(17-8-4-3-5-9-17)23-24-21(25)16(2)22-20-13-12-18-10-6-7-11-19(18)14-20/h3-14,16,22H,1-2H3,(H,24,25). The molecule has 0 aliphatic carbocycles. The minimum Gasteiger partial charge on any atom is -0.374 e. The monoisotopic (exact) mass is 331 g/mol. The predicted molar refractivity (Wildman–Crippen MR) is 104 cm³/mol. The summed E-state index contributed by atoms with van der Waals surface area (Å²) in [5.74, 6) is -0.177. The van der Waals surface area contributed by atoms with Crippen molar-refractivity contribution in [2.24, 2.45) is 5.10 Å². The van der Waals surface area contributed by atoms with Gasteiger partial charge in [0.25, 0.3) is 5.91 Å². The highest BCUT2D eigenvalue weighted by atomic mass is 16.2. The van der Waals surface area contributed by atoms with Crippen molar-refractivity contribution in [2.75, 3.05) is 5.32 Å². The lowest BCUT2D eigenvalue weighted by atomic mass is 10.1. The third-order valence-corrected chi connectivity index (χ3v) is 4.05. The van der Waals surface area contributed by atoms with E-state index in [1.165, 1.54) is 5.39 Å². The number of nitrogens with zero attached hydrogens (tertiary/aromatic N) is 1. The Labute approximate surface area is 147 Å². The van der Waals surface area contributed by atoms with Crippen molar-refractivity contribution in [2.45, 2.75) is 19.9 Å². The molecule has 1 atom stereocenters. The molecule has 126 valence electrons. The summed E-state index contributed by atoms with van der Waals surface area (Å²) in [6, 6.07) is 23.6. The van der Waals surface area contributed by atoms with Gasteiger partial charge in [0.15, 0.2) is 0 Å². The summed E-state index contributed by atoms with van der Waals surface area (Å²) in [5.41, 5.74) is 5.29. The Morgan fingerprint density at radius 3 is 2.36 bits per heavy atom. The van der Waals surface area contributed by atoms with E-state index in [0.717, 1.165) is 22.3 Å². The molecule has 0 bridgehead atoms. The van der Waals surface area contributed by atoms with Gasteiger partial charge in [0.1, 0.15) is 6.04 Å². The molecule has 0 aliphatic heterocycles. The van der Waals surface area contributed by atoms with Crippen molar-refractivity contribution >= 4 is 28.1 Å². The van der Waals surface area contributed by atoms with E-state index in [1.54, 1.807) is 0 Å². The number of fused-ring (bicyclic) bond motifs is 1. The Hall–Kier alpha value is -3.14. The van der Waals surface area contributed by atoms with Crippen molar-refractivity contribution in [1.29, 1.82) is 0 Å². The summed E-state index contributed by atoms with van der Waals surface area (Å²) >= 11 is 0. The molecule has 1 unspecified atom stereocenters. The maximum absolute atomic E-state index is 12.3. The summed E-state index contributed by atoms with van der Waals surface area (Å²) in [5, 5.41) is 9.71. The van der Waals surface area contributed by atoms with Crippen LogP contribution in [0.2, 0.25) is 0 Å². The van der Waals surface area contributed by atoms with Gasteiger partial charge < -0.3 is 5.32 Å². The summed E-state index contributed by atoms with van der Waals surface area (Å²) in [6.45, 7) is 3.69. The molecule has 2 N–H and O–H groups in total. The summed E-state index contributed by atoms with van der Waals surface area (Å²) < 4.78 is 0. The van der Waals surface area contributed by atoms with Crippen molar-refractivity contribution in [3.05, 3.63) is 78.4 Å². The van der Waals surface area contributed by atoms with Crippen LogP contribution >= 0.6 is 0 Å². The van der Waals surface area contributed by atoms with Gasteiger partial charge in [-0.1, -0.05) is 60.7 Å². The highest BCUT2D eigenvalue weighted by molar-refractivity contribution is 5.99. The van der Waals surface area contributed by atoms with Gasteiger partial charge in [0.2, 0.25) is 0 Å². The molecule has 3 aromatic rings. The van der Waals surface area contributed by atoms with E-state index in [-0.39, 0.29) is 5.91 Å². The fourth-order valence-electron chi connectivity index (χ4n) is 2.57. The van der Waals surface area contributed by atoms with Crippen LogP contribution in [0.25, 0.3) is 10.8 Å². The SMILES string of the molecule is CC(=NNC(=O)C(C)Nc1ccc2ccccc2c1)c1ccccc1. The lowest BCUT2D eigenvalue weighted by Crippen LogP contribution is -2.35. The number of hydrogen-bond acceptors (Lipinski definition) is 3. The molecule has 25 heavy (non-hydrogen) atoms. The Kier molecular flexibility index (Phi) is 5.09. The normalized spacial score (nSPS) is 12.6. The molecule has 3 aromatic carbocycles. The Morgan fingerprint density at radius 2 is 1.60 bits per heavy atom. The number of benzene rings is 3. The first-order chi connectivity index (χ1) is 12.1. The maximum atomic E-state index is 12.3. The quantitative estimate of drug-likeness (QED) is 0.544. The molecule has 0 heterocycles. The second kappa shape index (κ2) is 7.62. The van der Waals surface area contributed by atoms with E-state index >= 15 is 0 Å². The van der Waals surface area contributed by atoms with Gasteiger partial charge in [0, 0.05) is 5.69 Å². The molecule has 0 fully saturated rings. The second-order valence-electron chi connectivity index (χ2n) is 5.97. The predicted octanol–water partition coefficient (Wildman–Crippen LogP) is 4.18. The second-order valence-corrected chi connectivity index (χ2v) is 5.97. The number of carbonyl (C=O) groups excluding carboxylic acids is 1. The first kappa shape index (κ1) is 16.7. The average Bonchev–Trinajstić information content (AvgIpc) is 2.66. The van der Waals surface area contributed by atoms with E-state index in [1.807, 2.05) is 74.5 Å². The van der Waals surface area contributed by atoms with E-state index < -0.39 is 6.04 Å². The van der Waals surface area contributed by atoms with Crippen LogP contribution in [0.5, 0.6) is 0 Å². The van der Waals surface area contributed by atoms with Crippen molar-refractivity contribution in [3.63, 3.8) is 0 Å². The van der Waals surface area contributed by atoms with Crippen molar-refractivity contribution in [3.8, 4) is 0 Å². The molecule has 4 nitrogen and oxygen atoms in total. The fourth-order valence-corrected chi connectivity index (χ4v) is 2.57. The number of carbonyl (C=O) groups is 1. The van der Waals surface area contributed by atoms with Gasteiger partial charge in [-0.05, 0) is 42.3 Å². The molecule has 0 saturated heterocycles. The van der Waals surface area contributed by atoms with Crippen LogP contribution in [-0.2, 0) is 4.79 Å². The molecule has 0 saturated carbocycles. The van der Waals surface area contributed by atoms with Crippen LogP contribution in [0.3, 0.4) is 0 Å². The van der Waals surface area contributed by atoms with Crippen molar-refractivity contribution < 1.29 is 4.79 Å². The van der Waals surface area contributed by atoms with Crippen LogP contribution in [0, 0.1) is 0 Å². The number of hydrogen-bond donors (Lipinski definition) is 2. The summed E-state index contributed by atoms with van der Waals surface area (Å²) in [7, 11) is 0. The third-order valence-electron chi connectivity index (χ3n) is 4.05. The molecule has 0 radical (unpaired) electrons. The maximum Gasteiger partial charge on any atom is 0.262 e. The van der Waals surface area contributed by atoms with E-state index in [4.69, 9.17) is 0 Å². The van der Waals surface area contributed by atoms with E-state index in [2.05, 4.69) is 28.0 Å². The van der Waals surface area contributed by atoms with Crippen LogP contribution in [-0.4, -0.2) is 17.7 Å². The van der Waals surface area contributed by atoms with Gasteiger partial charge >= 0.3 is 0 Å².